The van der Waals surface area contributed by atoms with Crippen LogP contribution in [-0.4, -0.2) is 23.5 Å². The van der Waals surface area contributed by atoms with Crippen LogP contribution in [0.1, 0.15) is 0 Å². The zero-order valence-electron chi connectivity index (χ0n) is 8.94. The Bertz CT molecular complexity index is 492. The van der Waals surface area contributed by atoms with Crippen LogP contribution >= 0.6 is 11.8 Å². The van der Waals surface area contributed by atoms with Crippen LogP contribution in [0.15, 0.2) is 35.2 Å². The average Bonchev–Trinajstić information content (AvgIpc) is 2.16. The van der Waals surface area contributed by atoms with Crippen molar-refractivity contribution in [1.82, 2.24) is 0 Å². The first-order valence-corrected chi connectivity index (χ1v) is 6.25. The zero-order chi connectivity index (χ0) is 13.3. The number of halogens is 4. The van der Waals surface area contributed by atoms with E-state index in [1.54, 1.807) is 0 Å². The van der Waals surface area contributed by atoms with Crippen LogP contribution in [0, 0.1) is 0 Å². The molecule has 0 saturated carbocycles. The Hall–Kier alpha value is -0.203. The molecule has 0 bridgehead atoms. The van der Waals surface area contributed by atoms with Gasteiger partial charge in [0.15, 0.2) is 10.1 Å². The van der Waals surface area contributed by atoms with Gasteiger partial charge in [0.1, 0.15) is 0 Å². The molecular weight excluding hydrogens is 291 g/mol. The molecule has 0 aliphatic rings. The van der Waals surface area contributed by atoms with Crippen molar-refractivity contribution >= 4 is 21.9 Å². The third-order valence-electron chi connectivity index (χ3n) is 1.64. The van der Waals surface area contributed by atoms with Gasteiger partial charge in [-0.05, 0) is 23.9 Å². The predicted molar refractivity (Wildman–Crippen MR) is 51.9 cm³/mol. The minimum Gasteiger partial charge on any atom is -0.743 e. The standard InChI is InChI=1S/C8H6F4O3S2.Li/c9-7(10,8(11,12)17(13,14)15)16-6-4-2-1-3-5-6;/h1-5H,(H,13,14,15);/q;+1/p-1. The maximum absolute atomic E-state index is 13.0. The normalized spacial score (nSPS) is 12.9. The fourth-order valence-corrected chi connectivity index (χ4v) is 2.27. The molecule has 0 aromatic heterocycles. The van der Waals surface area contributed by atoms with E-state index in [1.807, 2.05) is 0 Å². The summed E-state index contributed by atoms with van der Waals surface area (Å²) in [5.74, 6) is 0. The van der Waals surface area contributed by atoms with E-state index in [1.165, 1.54) is 18.2 Å². The van der Waals surface area contributed by atoms with Gasteiger partial charge in [-0.25, -0.2) is 8.42 Å². The van der Waals surface area contributed by atoms with Gasteiger partial charge in [0.2, 0.25) is 0 Å². The largest absolute Gasteiger partial charge is 1.00 e. The van der Waals surface area contributed by atoms with Gasteiger partial charge in [-0.3, -0.25) is 0 Å². The third-order valence-corrected chi connectivity index (χ3v) is 3.68. The number of hydrogen-bond donors (Lipinski definition) is 0. The molecule has 0 aliphatic heterocycles. The first-order chi connectivity index (χ1) is 7.58. The van der Waals surface area contributed by atoms with E-state index in [4.69, 9.17) is 0 Å². The molecule has 1 aromatic rings. The Morgan fingerprint density at radius 2 is 1.50 bits per heavy atom. The monoisotopic (exact) mass is 296 g/mol. The summed E-state index contributed by atoms with van der Waals surface area (Å²) in [5, 5.41) is -10.7. The molecule has 0 unspecified atom stereocenters. The predicted octanol–water partition coefficient (Wildman–Crippen LogP) is -0.487. The smallest absolute Gasteiger partial charge is 0.743 e. The fraction of sp³-hybridized carbons (Fsp3) is 0.250. The topological polar surface area (TPSA) is 57.2 Å². The first-order valence-electron chi connectivity index (χ1n) is 4.03. The van der Waals surface area contributed by atoms with E-state index in [-0.39, 0.29) is 23.8 Å². The fourth-order valence-electron chi connectivity index (χ4n) is 0.841. The van der Waals surface area contributed by atoms with Crippen LogP contribution in [-0.2, 0) is 10.1 Å². The van der Waals surface area contributed by atoms with E-state index in [0.717, 1.165) is 12.1 Å². The van der Waals surface area contributed by atoms with Gasteiger partial charge in [0.05, 0.1) is 0 Å². The quantitative estimate of drug-likeness (QED) is 0.326. The molecular formula is C8H5F4LiO3S2. The maximum Gasteiger partial charge on any atom is 1.00 e. The van der Waals surface area contributed by atoms with Gasteiger partial charge >= 0.3 is 29.4 Å². The summed E-state index contributed by atoms with van der Waals surface area (Å²) in [6, 6.07) is 6.26. The summed E-state index contributed by atoms with van der Waals surface area (Å²) < 4.78 is 81.8. The second-order valence-electron chi connectivity index (χ2n) is 2.90. The van der Waals surface area contributed by atoms with Crippen molar-refractivity contribution in [3.63, 3.8) is 0 Å². The Morgan fingerprint density at radius 3 is 1.89 bits per heavy atom. The van der Waals surface area contributed by atoms with Gasteiger partial charge in [0.25, 0.3) is 0 Å². The molecule has 18 heavy (non-hydrogen) atoms. The van der Waals surface area contributed by atoms with Crippen molar-refractivity contribution in [3.8, 4) is 0 Å². The van der Waals surface area contributed by atoms with Crippen molar-refractivity contribution in [2.45, 2.75) is 15.4 Å². The molecule has 3 nitrogen and oxygen atoms in total. The minimum atomic E-state index is -6.43. The number of rotatable bonds is 4. The molecule has 0 saturated heterocycles. The van der Waals surface area contributed by atoms with E-state index in [0.29, 0.717) is 0 Å². The van der Waals surface area contributed by atoms with Crippen molar-refractivity contribution in [2.75, 3.05) is 0 Å². The van der Waals surface area contributed by atoms with Crippen LogP contribution in [0.2, 0.25) is 0 Å². The number of benzene rings is 1. The number of thioether (sulfide) groups is 1. The summed E-state index contributed by atoms with van der Waals surface area (Å²) in [6.45, 7) is 0. The molecule has 1 aromatic carbocycles. The average molecular weight is 296 g/mol. The molecule has 0 N–H and O–H groups in total. The first kappa shape index (κ1) is 17.8. The molecule has 96 valence electrons. The van der Waals surface area contributed by atoms with Gasteiger partial charge in [-0.1, -0.05) is 18.2 Å². The summed E-state index contributed by atoms with van der Waals surface area (Å²) in [5.41, 5.74) is 0. The van der Waals surface area contributed by atoms with Gasteiger partial charge in [0, 0.05) is 4.90 Å². The third kappa shape index (κ3) is 3.65. The van der Waals surface area contributed by atoms with E-state index in [9.17, 15) is 30.5 Å². The Morgan fingerprint density at radius 1 is 1.06 bits per heavy atom. The summed E-state index contributed by atoms with van der Waals surface area (Å²) in [6.07, 6.45) is 0. The molecule has 0 radical (unpaired) electrons. The zero-order valence-corrected chi connectivity index (χ0v) is 10.6. The summed E-state index contributed by atoms with van der Waals surface area (Å²) in [4.78, 5) is -0.277. The Kier molecular flexibility index (Phi) is 5.77. The van der Waals surface area contributed by atoms with Gasteiger partial charge < -0.3 is 4.55 Å². The molecule has 1 rings (SSSR count). The number of hydrogen-bond acceptors (Lipinski definition) is 4. The molecule has 0 heterocycles. The summed E-state index contributed by atoms with van der Waals surface area (Å²) in [7, 11) is -6.43. The SMILES string of the molecule is O=S(=O)([O-])C(F)(F)C(F)(F)Sc1ccccc1.[Li+]. The van der Waals surface area contributed by atoms with Crippen molar-refractivity contribution in [3.05, 3.63) is 30.3 Å². The Balaban J connectivity index is 0.00000289. The molecule has 0 atom stereocenters. The van der Waals surface area contributed by atoms with Gasteiger partial charge in [-0.2, -0.15) is 17.6 Å². The van der Waals surface area contributed by atoms with Gasteiger partial charge in [-0.15, -0.1) is 0 Å². The van der Waals surface area contributed by atoms with Crippen LogP contribution in [0.5, 0.6) is 0 Å². The molecule has 0 fully saturated rings. The van der Waals surface area contributed by atoms with Crippen molar-refractivity contribution in [1.29, 1.82) is 0 Å². The van der Waals surface area contributed by atoms with Crippen molar-refractivity contribution in [2.24, 2.45) is 0 Å². The molecule has 10 heteroatoms. The Labute approximate surface area is 117 Å². The molecule has 0 spiro atoms. The second-order valence-corrected chi connectivity index (χ2v) is 5.51. The second kappa shape index (κ2) is 5.84. The van der Waals surface area contributed by atoms with E-state index >= 15 is 0 Å². The minimum absolute atomic E-state index is 0. The van der Waals surface area contributed by atoms with Crippen LogP contribution in [0.25, 0.3) is 0 Å². The maximum atomic E-state index is 13.0. The summed E-state index contributed by atoms with van der Waals surface area (Å²) >= 11 is -0.683. The molecule has 0 aliphatic carbocycles. The molecule has 0 amide bonds. The van der Waals surface area contributed by atoms with E-state index in [2.05, 4.69) is 0 Å². The van der Waals surface area contributed by atoms with Crippen LogP contribution in [0.3, 0.4) is 0 Å². The van der Waals surface area contributed by atoms with Crippen LogP contribution in [0.4, 0.5) is 17.6 Å². The van der Waals surface area contributed by atoms with Crippen molar-refractivity contribution < 1.29 is 49.4 Å². The van der Waals surface area contributed by atoms with E-state index < -0.39 is 32.4 Å². The number of alkyl halides is 4. The van der Waals surface area contributed by atoms with Crippen LogP contribution < -0.4 is 18.9 Å².